The lowest BCUT2D eigenvalue weighted by atomic mass is 10.1. The number of hydrogen-bond donors (Lipinski definition) is 0. The van der Waals surface area contributed by atoms with Crippen LogP contribution in [0.5, 0.6) is 0 Å². The maximum atomic E-state index is 5.58. The minimum Gasteiger partial charge on any atom is -0.479 e. The van der Waals surface area contributed by atoms with Crippen molar-refractivity contribution in [3.63, 3.8) is 0 Å². The van der Waals surface area contributed by atoms with Gasteiger partial charge in [-0.3, -0.25) is 0 Å². The van der Waals surface area contributed by atoms with Crippen LogP contribution in [-0.4, -0.2) is 18.5 Å². The monoisotopic (exact) mass is 253 g/mol. The summed E-state index contributed by atoms with van der Waals surface area (Å²) in [5.41, 5.74) is 0. The van der Waals surface area contributed by atoms with Gasteiger partial charge in [-0.05, 0) is 12.8 Å². The largest absolute Gasteiger partial charge is 0.479 e. The zero-order valence-corrected chi connectivity index (χ0v) is 12.4. The van der Waals surface area contributed by atoms with E-state index in [2.05, 4.69) is 18.8 Å². The van der Waals surface area contributed by atoms with Gasteiger partial charge < -0.3 is 4.74 Å². The number of rotatable bonds is 11. The van der Waals surface area contributed by atoms with Gasteiger partial charge in [-0.1, -0.05) is 65.2 Å². The third kappa shape index (κ3) is 7.03. The predicted molar refractivity (Wildman–Crippen MR) is 79.3 cm³/mol. The van der Waals surface area contributed by atoms with Gasteiger partial charge in [0.1, 0.15) is 6.61 Å². The minimum absolute atomic E-state index is 0.443. The SMILES string of the molecule is CCCCCCCCCCCC1=N[C@@H](CC)CO1. The fourth-order valence-electron chi connectivity index (χ4n) is 2.40. The second-order valence-corrected chi connectivity index (χ2v) is 5.47. The molecule has 0 aromatic carbocycles. The summed E-state index contributed by atoms with van der Waals surface area (Å²) in [6, 6.07) is 0.443. The molecule has 0 N–H and O–H groups in total. The Hall–Kier alpha value is -0.530. The molecular formula is C16H31NO. The lowest BCUT2D eigenvalue weighted by Gasteiger charge is -2.02. The Morgan fingerprint density at radius 2 is 1.56 bits per heavy atom. The molecule has 1 rings (SSSR count). The van der Waals surface area contributed by atoms with Crippen molar-refractivity contribution in [1.82, 2.24) is 0 Å². The second kappa shape index (κ2) is 10.4. The standard InChI is InChI=1S/C16H31NO/c1-3-5-6-7-8-9-10-11-12-13-16-17-15(4-2)14-18-16/h15H,3-14H2,1-2H3/t15-/m0/s1. The molecular weight excluding hydrogens is 222 g/mol. The number of nitrogens with zero attached hydrogens (tertiary/aromatic N) is 1. The van der Waals surface area contributed by atoms with Gasteiger partial charge in [0.25, 0.3) is 0 Å². The summed E-state index contributed by atoms with van der Waals surface area (Å²) in [6.07, 6.45) is 14.6. The molecule has 0 aromatic heterocycles. The van der Waals surface area contributed by atoms with Gasteiger partial charge in [-0.2, -0.15) is 0 Å². The summed E-state index contributed by atoms with van der Waals surface area (Å²) in [6.45, 7) is 5.28. The van der Waals surface area contributed by atoms with E-state index in [0.29, 0.717) is 6.04 Å². The summed E-state index contributed by atoms with van der Waals surface area (Å²) in [5.74, 6) is 1.02. The van der Waals surface area contributed by atoms with Crippen molar-refractivity contribution in [2.75, 3.05) is 6.61 Å². The fraction of sp³-hybridized carbons (Fsp3) is 0.938. The van der Waals surface area contributed by atoms with Crippen molar-refractivity contribution < 1.29 is 4.74 Å². The molecule has 1 atom stereocenters. The molecule has 0 fully saturated rings. The highest BCUT2D eigenvalue weighted by Crippen LogP contribution is 2.14. The summed E-state index contributed by atoms with van der Waals surface area (Å²) in [7, 11) is 0. The van der Waals surface area contributed by atoms with Crippen LogP contribution in [0.25, 0.3) is 0 Å². The summed E-state index contributed by atoms with van der Waals surface area (Å²) < 4.78 is 5.58. The Morgan fingerprint density at radius 1 is 0.944 bits per heavy atom. The van der Waals surface area contributed by atoms with E-state index in [0.717, 1.165) is 25.3 Å². The average Bonchev–Trinajstić information content (AvgIpc) is 2.85. The van der Waals surface area contributed by atoms with E-state index in [-0.39, 0.29) is 0 Å². The molecule has 106 valence electrons. The third-order valence-corrected chi connectivity index (χ3v) is 3.73. The van der Waals surface area contributed by atoms with Crippen molar-refractivity contribution in [2.24, 2.45) is 4.99 Å². The highest BCUT2D eigenvalue weighted by atomic mass is 16.5. The quantitative estimate of drug-likeness (QED) is 0.469. The van der Waals surface area contributed by atoms with E-state index in [9.17, 15) is 0 Å². The van der Waals surface area contributed by atoms with Gasteiger partial charge in [0.2, 0.25) is 0 Å². The first kappa shape index (κ1) is 15.5. The highest BCUT2D eigenvalue weighted by Gasteiger charge is 2.15. The van der Waals surface area contributed by atoms with Crippen molar-refractivity contribution in [2.45, 2.75) is 90.5 Å². The van der Waals surface area contributed by atoms with E-state index in [1.54, 1.807) is 0 Å². The maximum absolute atomic E-state index is 5.58. The first-order valence-electron chi connectivity index (χ1n) is 8.06. The molecule has 0 unspecified atom stereocenters. The molecule has 18 heavy (non-hydrogen) atoms. The van der Waals surface area contributed by atoms with Crippen LogP contribution in [0.2, 0.25) is 0 Å². The molecule has 2 heteroatoms. The van der Waals surface area contributed by atoms with E-state index >= 15 is 0 Å². The molecule has 0 radical (unpaired) electrons. The first-order chi connectivity index (χ1) is 8.86. The van der Waals surface area contributed by atoms with E-state index in [1.807, 2.05) is 0 Å². The Kier molecular flexibility index (Phi) is 8.97. The predicted octanol–water partition coefficient (Wildman–Crippen LogP) is 5.11. The van der Waals surface area contributed by atoms with Gasteiger partial charge >= 0.3 is 0 Å². The molecule has 0 saturated heterocycles. The summed E-state index contributed by atoms with van der Waals surface area (Å²) in [5, 5.41) is 0. The van der Waals surface area contributed by atoms with E-state index in [1.165, 1.54) is 57.8 Å². The van der Waals surface area contributed by atoms with E-state index in [4.69, 9.17) is 4.74 Å². The molecule has 2 nitrogen and oxygen atoms in total. The molecule has 0 aliphatic carbocycles. The molecule has 1 aliphatic heterocycles. The molecule has 0 spiro atoms. The van der Waals surface area contributed by atoms with Crippen molar-refractivity contribution >= 4 is 5.90 Å². The van der Waals surface area contributed by atoms with Crippen molar-refractivity contribution in [3.8, 4) is 0 Å². The second-order valence-electron chi connectivity index (χ2n) is 5.47. The number of ether oxygens (including phenoxy) is 1. The van der Waals surface area contributed by atoms with Gasteiger partial charge in [-0.15, -0.1) is 0 Å². The zero-order valence-electron chi connectivity index (χ0n) is 12.4. The molecule has 0 bridgehead atoms. The average molecular weight is 253 g/mol. The van der Waals surface area contributed by atoms with Gasteiger partial charge in [0.15, 0.2) is 5.90 Å². The lowest BCUT2D eigenvalue weighted by molar-refractivity contribution is 0.306. The fourth-order valence-corrected chi connectivity index (χ4v) is 2.40. The molecule has 0 aromatic rings. The van der Waals surface area contributed by atoms with Crippen LogP contribution >= 0.6 is 0 Å². The van der Waals surface area contributed by atoms with Crippen LogP contribution in [0, 0.1) is 0 Å². The van der Waals surface area contributed by atoms with Crippen LogP contribution in [-0.2, 0) is 4.74 Å². The van der Waals surface area contributed by atoms with Crippen LogP contribution < -0.4 is 0 Å². The zero-order chi connectivity index (χ0) is 13.1. The van der Waals surface area contributed by atoms with Crippen molar-refractivity contribution in [3.05, 3.63) is 0 Å². The van der Waals surface area contributed by atoms with Crippen molar-refractivity contribution in [1.29, 1.82) is 0 Å². The Labute approximate surface area is 113 Å². The maximum Gasteiger partial charge on any atom is 0.183 e. The number of hydrogen-bond acceptors (Lipinski definition) is 2. The van der Waals surface area contributed by atoms with Gasteiger partial charge in [0, 0.05) is 6.42 Å². The molecule has 1 aliphatic rings. The lowest BCUT2D eigenvalue weighted by Crippen LogP contribution is -2.03. The highest BCUT2D eigenvalue weighted by molar-refractivity contribution is 5.77. The van der Waals surface area contributed by atoms with Crippen LogP contribution in [0.15, 0.2) is 4.99 Å². The van der Waals surface area contributed by atoms with Gasteiger partial charge in [0.05, 0.1) is 6.04 Å². The smallest absolute Gasteiger partial charge is 0.183 e. The molecule has 0 saturated carbocycles. The normalized spacial score (nSPS) is 18.8. The molecule has 1 heterocycles. The summed E-state index contributed by atoms with van der Waals surface area (Å²) >= 11 is 0. The van der Waals surface area contributed by atoms with Crippen LogP contribution in [0.4, 0.5) is 0 Å². The topological polar surface area (TPSA) is 21.6 Å². The third-order valence-electron chi connectivity index (χ3n) is 3.73. The first-order valence-corrected chi connectivity index (χ1v) is 8.06. The Morgan fingerprint density at radius 3 is 2.11 bits per heavy atom. The van der Waals surface area contributed by atoms with Gasteiger partial charge in [-0.25, -0.2) is 4.99 Å². The van der Waals surface area contributed by atoms with E-state index < -0.39 is 0 Å². The number of aliphatic imine (C=N–C) groups is 1. The molecule has 0 amide bonds. The Bertz CT molecular complexity index is 225. The summed E-state index contributed by atoms with van der Waals surface area (Å²) in [4.78, 5) is 4.57. The van der Waals surface area contributed by atoms with Crippen LogP contribution in [0.3, 0.4) is 0 Å². The Balaban J connectivity index is 1.84. The number of unbranched alkanes of at least 4 members (excludes halogenated alkanes) is 8. The van der Waals surface area contributed by atoms with Crippen LogP contribution in [0.1, 0.15) is 84.5 Å². The minimum atomic E-state index is 0.443.